The number of hydrogen-bond acceptors (Lipinski definition) is 2. The smallest absolute Gasteiger partial charge is 0.145 e. The predicted molar refractivity (Wildman–Crippen MR) is 41.3 cm³/mol. The fourth-order valence-corrected chi connectivity index (χ4v) is 1.02. The molecule has 0 spiro atoms. The highest BCUT2D eigenvalue weighted by atomic mass is 35.5. The molecule has 0 aliphatic rings. The highest BCUT2D eigenvalue weighted by Crippen LogP contribution is 2.07. The Morgan fingerprint density at radius 3 is 2.70 bits per heavy atom. The molecule has 0 aromatic carbocycles. The van der Waals surface area contributed by atoms with Gasteiger partial charge in [0.05, 0.1) is 5.88 Å². The van der Waals surface area contributed by atoms with Crippen molar-refractivity contribution in [2.75, 3.05) is 0 Å². The second kappa shape index (κ2) is 3.17. The minimum absolute atomic E-state index is 0.307. The van der Waals surface area contributed by atoms with Crippen LogP contribution in [0.2, 0.25) is 5.15 Å². The van der Waals surface area contributed by atoms with Crippen LogP contribution in [0.1, 0.15) is 11.5 Å². The second-order valence-electron chi connectivity index (χ2n) is 1.88. The van der Waals surface area contributed by atoms with E-state index in [9.17, 15) is 0 Å². The molecule has 0 radical (unpaired) electrons. The summed E-state index contributed by atoms with van der Waals surface area (Å²) in [5.41, 5.74) is 0.843. The van der Waals surface area contributed by atoms with E-state index in [4.69, 9.17) is 23.2 Å². The van der Waals surface area contributed by atoms with E-state index in [0.717, 1.165) is 5.69 Å². The first-order valence-electron chi connectivity index (χ1n) is 2.78. The van der Waals surface area contributed by atoms with Crippen molar-refractivity contribution in [2.24, 2.45) is 0 Å². The first-order valence-corrected chi connectivity index (χ1v) is 3.69. The first kappa shape index (κ1) is 7.76. The third-order valence-corrected chi connectivity index (χ3v) is 1.42. The number of hydrogen-bond donors (Lipinski definition) is 0. The summed E-state index contributed by atoms with van der Waals surface area (Å²) in [5, 5.41) is 0.447. The Morgan fingerprint density at radius 2 is 2.20 bits per heavy atom. The Bertz CT molecular complexity index is 217. The maximum absolute atomic E-state index is 5.62. The lowest BCUT2D eigenvalue weighted by molar-refractivity contribution is 0.992. The van der Waals surface area contributed by atoms with Gasteiger partial charge < -0.3 is 0 Å². The van der Waals surface area contributed by atoms with Crippen LogP contribution in [0.3, 0.4) is 0 Å². The van der Waals surface area contributed by atoms with E-state index in [2.05, 4.69) is 9.97 Å². The lowest BCUT2D eigenvalue weighted by atomic mass is 10.4. The molecule has 1 rings (SSSR count). The van der Waals surface area contributed by atoms with Crippen LogP contribution in [0, 0.1) is 6.92 Å². The number of halogens is 2. The molecule has 1 aromatic rings. The van der Waals surface area contributed by atoms with Crippen LogP contribution >= 0.6 is 23.2 Å². The molecule has 0 aliphatic carbocycles. The summed E-state index contributed by atoms with van der Waals surface area (Å²) < 4.78 is 0. The summed E-state index contributed by atoms with van der Waals surface area (Å²) in [6.45, 7) is 1.85. The molecule has 1 aromatic heterocycles. The fourth-order valence-electron chi connectivity index (χ4n) is 0.649. The van der Waals surface area contributed by atoms with Crippen LogP contribution in [-0.2, 0) is 5.88 Å². The molecule has 0 aliphatic heterocycles. The number of nitrogens with zero attached hydrogens (tertiary/aromatic N) is 2. The minimum atomic E-state index is 0.307. The third-order valence-electron chi connectivity index (χ3n) is 0.989. The SMILES string of the molecule is Cc1cc(Cl)nc(CCl)n1. The highest BCUT2D eigenvalue weighted by molar-refractivity contribution is 6.29. The summed E-state index contributed by atoms with van der Waals surface area (Å²) >= 11 is 11.1. The van der Waals surface area contributed by atoms with E-state index in [1.165, 1.54) is 0 Å². The molecule has 0 unspecified atom stereocenters. The van der Waals surface area contributed by atoms with Gasteiger partial charge in [-0.25, -0.2) is 9.97 Å². The van der Waals surface area contributed by atoms with Gasteiger partial charge in [-0.15, -0.1) is 11.6 Å². The minimum Gasteiger partial charge on any atom is -0.237 e. The zero-order valence-corrected chi connectivity index (χ0v) is 6.95. The molecular formula is C6H6Cl2N2. The molecule has 4 heteroatoms. The van der Waals surface area contributed by atoms with E-state index >= 15 is 0 Å². The normalized spacial score (nSPS) is 9.90. The van der Waals surface area contributed by atoms with Gasteiger partial charge in [-0.2, -0.15) is 0 Å². The van der Waals surface area contributed by atoms with Gasteiger partial charge in [0.2, 0.25) is 0 Å². The van der Waals surface area contributed by atoms with Gasteiger partial charge in [0.15, 0.2) is 0 Å². The molecule has 0 N–H and O–H groups in total. The molecule has 54 valence electrons. The summed E-state index contributed by atoms with van der Waals surface area (Å²) in [5.74, 6) is 0.883. The molecule has 2 nitrogen and oxygen atoms in total. The second-order valence-corrected chi connectivity index (χ2v) is 2.54. The van der Waals surface area contributed by atoms with Crippen LogP contribution in [0.5, 0.6) is 0 Å². The van der Waals surface area contributed by atoms with Crippen LogP contribution in [0.15, 0.2) is 6.07 Å². The van der Waals surface area contributed by atoms with E-state index in [1.54, 1.807) is 6.07 Å². The Kier molecular flexibility index (Phi) is 2.46. The molecule has 1 heterocycles. The molecular weight excluding hydrogens is 171 g/mol. The topological polar surface area (TPSA) is 25.8 Å². The van der Waals surface area contributed by atoms with Crippen molar-refractivity contribution in [3.8, 4) is 0 Å². The quantitative estimate of drug-likeness (QED) is 0.485. The number of rotatable bonds is 1. The van der Waals surface area contributed by atoms with Crippen LogP contribution in [0.4, 0.5) is 0 Å². The van der Waals surface area contributed by atoms with Crippen molar-refractivity contribution < 1.29 is 0 Å². The predicted octanol–water partition coefficient (Wildman–Crippen LogP) is 2.18. The molecule has 0 amide bonds. The standard InChI is InChI=1S/C6H6Cl2N2/c1-4-2-5(8)10-6(3-7)9-4/h2H,3H2,1H3. The van der Waals surface area contributed by atoms with E-state index in [-0.39, 0.29) is 0 Å². The van der Waals surface area contributed by atoms with Gasteiger partial charge in [-0.05, 0) is 13.0 Å². The van der Waals surface area contributed by atoms with Crippen molar-refractivity contribution in [1.82, 2.24) is 9.97 Å². The zero-order valence-electron chi connectivity index (χ0n) is 5.43. The van der Waals surface area contributed by atoms with Crippen molar-refractivity contribution in [1.29, 1.82) is 0 Å². The summed E-state index contributed by atoms with van der Waals surface area (Å²) in [7, 11) is 0. The summed E-state index contributed by atoms with van der Waals surface area (Å²) in [6, 6.07) is 1.69. The van der Waals surface area contributed by atoms with Gasteiger partial charge >= 0.3 is 0 Å². The van der Waals surface area contributed by atoms with Crippen molar-refractivity contribution in [3.63, 3.8) is 0 Å². The molecule has 0 bridgehead atoms. The van der Waals surface area contributed by atoms with E-state index < -0.39 is 0 Å². The third kappa shape index (κ3) is 1.82. The average Bonchev–Trinajstić information content (AvgIpc) is 1.85. The number of aromatic nitrogens is 2. The maximum Gasteiger partial charge on any atom is 0.145 e. The van der Waals surface area contributed by atoms with Crippen LogP contribution in [0.25, 0.3) is 0 Å². The Morgan fingerprint density at radius 1 is 1.50 bits per heavy atom. The average molecular weight is 177 g/mol. The Hall–Kier alpha value is -0.340. The van der Waals surface area contributed by atoms with Gasteiger partial charge in [0, 0.05) is 5.69 Å². The Balaban J connectivity index is 3.06. The van der Waals surface area contributed by atoms with Crippen molar-refractivity contribution in [3.05, 3.63) is 22.7 Å². The lowest BCUT2D eigenvalue weighted by Crippen LogP contribution is -1.93. The first-order chi connectivity index (χ1) is 4.72. The molecule has 0 saturated carbocycles. The number of alkyl halides is 1. The van der Waals surface area contributed by atoms with Crippen LogP contribution in [-0.4, -0.2) is 9.97 Å². The molecule has 10 heavy (non-hydrogen) atoms. The molecule has 0 fully saturated rings. The largest absolute Gasteiger partial charge is 0.237 e. The van der Waals surface area contributed by atoms with Gasteiger partial charge in [0.25, 0.3) is 0 Å². The van der Waals surface area contributed by atoms with Crippen molar-refractivity contribution in [2.45, 2.75) is 12.8 Å². The van der Waals surface area contributed by atoms with E-state index in [1.807, 2.05) is 6.92 Å². The molecule has 0 saturated heterocycles. The van der Waals surface area contributed by atoms with Gasteiger partial charge in [-0.1, -0.05) is 11.6 Å². The molecule has 0 atom stereocenters. The van der Waals surface area contributed by atoms with E-state index in [0.29, 0.717) is 16.9 Å². The zero-order chi connectivity index (χ0) is 7.56. The van der Waals surface area contributed by atoms with Crippen molar-refractivity contribution >= 4 is 23.2 Å². The lowest BCUT2D eigenvalue weighted by Gasteiger charge is -1.95. The van der Waals surface area contributed by atoms with Gasteiger partial charge in [-0.3, -0.25) is 0 Å². The van der Waals surface area contributed by atoms with Crippen LogP contribution < -0.4 is 0 Å². The summed E-state index contributed by atoms with van der Waals surface area (Å²) in [6.07, 6.45) is 0. The van der Waals surface area contributed by atoms with Gasteiger partial charge in [0.1, 0.15) is 11.0 Å². The number of aryl methyl sites for hydroxylation is 1. The fraction of sp³-hybridized carbons (Fsp3) is 0.333. The highest BCUT2D eigenvalue weighted by Gasteiger charge is 1.96. The monoisotopic (exact) mass is 176 g/mol. The Labute approximate surface area is 69.2 Å². The summed E-state index contributed by atoms with van der Waals surface area (Å²) in [4.78, 5) is 7.90. The maximum atomic E-state index is 5.62.